The standard InChI is InChI=1S/C47H70N9O21P/c1-28(2)41(46(68)50-29(3)42(64)51-31-6-4-30(26-57)5-7-31)55-44(66)34(27-58)54-43(65)33(24-38(61)52-32-10-15-77-47(32)69)53-37(60)11-14-73-17-19-75-21-22-76-20-18-74-16-13-48-45(67)35(56-39(62)8-9-40(56)63)25-49-36(59)12-23-78(70,71)72/h4-9,28-29,32-35,41,57-58H,10-27H2,1-3H3,(H,48,67)(H,49,59)(H,50,68)(H,51,64)(H,52,61)(H,53,60)(H,54,65)(H,55,66)(H2,70,71,72)/t29-,32-,33-,34-,35-,41-/m0/s1. The molecule has 3 rings (SSSR count). The maximum absolute atomic E-state index is 13.6. The second kappa shape index (κ2) is 34.2. The van der Waals surface area contributed by atoms with Crippen LogP contribution in [0.4, 0.5) is 5.69 Å². The number of cyclic esters (lactones) is 1. The molecule has 31 heteroatoms. The van der Waals surface area contributed by atoms with Crippen molar-refractivity contribution >= 4 is 78.3 Å². The molecule has 12 N–H and O–H groups in total. The Balaban J connectivity index is 1.38. The van der Waals surface area contributed by atoms with Crippen molar-refractivity contribution in [3.63, 3.8) is 0 Å². The third-order valence-corrected chi connectivity index (χ3v) is 12.1. The van der Waals surface area contributed by atoms with E-state index in [2.05, 4.69) is 42.5 Å². The molecule has 6 atom stereocenters. The Morgan fingerprint density at radius 3 is 1.82 bits per heavy atom. The first-order chi connectivity index (χ1) is 37.0. The summed E-state index contributed by atoms with van der Waals surface area (Å²) in [5.41, 5.74) is 1.03. The van der Waals surface area contributed by atoms with E-state index in [0.29, 0.717) is 16.2 Å². The number of benzene rings is 1. The first-order valence-corrected chi connectivity index (χ1v) is 26.6. The van der Waals surface area contributed by atoms with Gasteiger partial charge in [-0.25, -0.2) is 4.79 Å². The molecule has 434 valence electrons. The van der Waals surface area contributed by atoms with Gasteiger partial charge in [0, 0.05) is 50.2 Å². The van der Waals surface area contributed by atoms with Crippen LogP contribution >= 0.6 is 7.60 Å². The number of hydrogen-bond acceptors (Lipinski definition) is 19. The number of nitrogens with zero attached hydrogens (tertiary/aromatic N) is 1. The third kappa shape index (κ3) is 24.3. The van der Waals surface area contributed by atoms with Crippen molar-refractivity contribution in [2.24, 2.45) is 5.92 Å². The predicted octanol–water partition coefficient (Wildman–Crippen LogP) is -4.90. The molecule has 2 aliphatic heterocycles. The maximum atomic E-state index is 13.6. The number of aliphatic hydroxyl groups excluding tert-OH is 2. The van der Waals surface area contributed by atoms with E-state index < -0.39 is 147 Å². The van der Waals surface area contributed by atoms with Crippen LogP contribution in [0.1, 0.15) is 52.0 Å². The number of esters is 1. The van der Waals surface area contributed by atoms with Crippen LogP contribution in [0.5, 0.6) is 0 Å². The van der Waals surface area contributed by atoms with E-state index in [1.165, 1.54) is 6.92 Å². The molecule has 1 fully saturated rings. The van der Waals surface area contributed by atoms with Crippen molar-refractivity contribution in [2.75, 3.05) is 90.6 Å². The van der Waals surface area contributed by atoms with Crippen LogP contribution in [0, 0.1) is 5.92 Å². The lowest BCUT2D eigenvalue weighted by molar-refractivity contribution is -0.145. The molecule has 10 amide bonds. The zero-order chi connectivity index (χ0) is 57.8. The number of ether oxygens (including phenoxy) is 5. The van der Waals surface area contributed by atoms with Gasteiger partial charge in [-0.1, -0.05) is 26.0 Å². The fourth-order valence-corrected chi connectivity index (χ4v) is 7.46. The molecule has 30 nitrogen and oxygen atoms in total. The summed E-state index contributed by atoms with van der Waals surface area (Å²) in [5.74, 6) is -9.39. The number of aliphatic hydroxyl groups is 2. The summed E-state index contributed by atoms with van der Waals surface area (Å²) < 4.78 is 37.7. The quantitative estimate of drug-likeness (QED) is 0.0129. The minimum Gasteiger partial charge on any atom is -0.464 e. The molecule has 0 bridgehead atoms. The summed E-state index contributed by atoms with van der Waals surface area (Å²) in [6.45, 7) is 3.53. The lowest BCUT2D eigenvalue weighted by atomic mass is 10.0. The summed E-state index contributed by atoms with van der Waals surface area (Å²) >= 11 is 0. The van der Waals surface area contributed by atoms with Crippen molar-refractivity contribution in [3.8, 4) is 0 Å². The third-order valence-electron chi connectivity index (χ3n) is 11.2. The minimum atomic E-state index is -4.46. The predicted molar refractivity (Wildman–Crippen MR) is 269 cm³/mol. The Hall–Kier alpha value is -6.76. The highest BCUT2D eigenvalue weighted by Crippen LogP contribution is 2.34. The van der Waals surface area contributed by atoms with E-state index >= 15 is 0 Å². The Labute approximate surface area is 448 Å². The van der Waals surface area contributed by atoms with Crippen LogP contribution in [-0.2, 0) is 87.6 Å². The summed E-state index contributed by atoms with van der Waals surface area (Å²) in [6, 6.07) is -1.74. The molecule has 2 aliphatic rings. The van der Waals surface area contributed by atoms with Gasteiger partial charge in [0.1, 0.15) is 36.3 Å². The molecular weight excluding hydrogens is 1060 g/mol. The Morgan fingerprint density at radius 2 is 1.27 bits per heavy atom. The van der Waals surface area contributed by atoms with Crippen LogP contribution in [0.2, 0.25) is 0 Å². The number of imide groups is 1. The number of nitrogens with one attached hydrogen (secondary N) is 8. The Bertz CT molecular complexity index is 2300. The van der Waals surface area contributed by atoms with Gasteiger partial charge in [-0.05, 0) is 30.5 Å². The van der Waals surface area contributed by atoms with Gasteiger partial charge in [-0.15, -0.1) is 0 Å². The molecule has 0 aromatic heterocycles. The molecule has 2 heterocycles. The molecule has 1 aromatic rings. The van der Waals surface area contributed by atoms with Gasteiger partial charge in [0.2, 0.25) is 47.3 Å². The molecule has 0 unspecified atom stereocenters. The second-order valence-electron chi connectivity index (χ2n) is 17.8. The largest absolute Gasteiger partial charge is 0.464 e. The summed E-state index contributed by atoms with van der Waals surface area (Å²) in [5, 5.41) is 38.9. The van der Waals surface area contributed by atoms with Gasteiger partial charge in [0.05, 0.1) is 85.3 Å². The van der Waals surface area contributed by atoms with E-state index in [9.17, 15) is 67.5 Å². The van der Waals surface area contributed by atoms with Gasteiger partial charge in [-0.3, -0.25) is 57.4 Å². The van der Waals surface area contributed by atoms with E-state index in [-0.39, 0.29) is 85.5 Å². The highest BCUT2D eigenvalue weighted by atomic mass is 31.2. The van der Waals surface area contributed by atoms with Crippen molar-refractivity contribution in [2.45, 2.75) is 89.3 Å². The van der Waals surface area contributed by atoms with Crippen LogP contribution in [0.15, 0.2) is 36.4 Å². The van der Waals surface area contributed by atoms with Crippen molar-refractivity contribution in [1.29, 1.82) is 0 Å². The molecule has 0 saturated carbocycles. The van der Waals surface area contributed by atoms with Gasteiger partial charge in [0.15, 0.2) is 0 Å². The van der Waals surface area contributed by atoms with E-state index in [1.807, 2.05) is 0 Å². The lowest BCUT2D eigenvalue weighted by Crippen LogP contribution is -2.60. The molecular formula is C47H70N9O21P. The van der Waals surface area contributed by atoms with E-state index in [4.69, 9.17) is 33.5 Å². The smallest absolute Gasteiger partial charge is 0.328 e. The van der Waals surface area contributed by atoms with Gasteiger partial charge in [-0.2, -0.15) is 0 Å². The monoisotopic (exact) mass is 1130 g/mol. The van der Waals surface area contributed by atoms with Crippen molar-refractivity contribution in [3.05, 3.63) is 42.0 Å². The number of hydrogen-bond donors (Lipinski definition) is 12. The number of carbonyl (C=O) groups is 11. The first kappa shape index (κ1) is 65.5. The number of carbonyl (C=O) groups excluding carboxylic acids is 11. The normalized spacial score (nSPS) is 16.1. The van der Waals surface area contributed by atoms with E-state index in [0.717, 1.165) is 12.2 Å². The molecule has 1 aromatic carbocycles. The average Bonchev–Trinajstić information content (AvgIpc) is 3.96. The second-order valence-corrected chi connectivity index (χ2v) is 19.6. The lowest BCUT2D eigenvalue weighted by Gasteiger charge is -2.27. The summed E-state index contributed by atoms with van der Waals surface area (Å²) in [6.07, 6.45) is -0.189. The Kier molecular flexibility index (Phi) is 28.7. The number of amides is 10. The van der Waals surface area contributed by atoms with Crippen LogP contribution in [0.3, 0.4) is 0 Å². The molecule has 78 heavy (non-hydrogen) atoms. The number of anilines is 1. The SMILES string of the molecule is CC(C)[C@H](NC(=O)[C@H](CO)NC(=O)[C@H](CC(=O)N[C@H]1CCOC1=O)NC(=O)CCOCCOCCOCCOCCNC(=O)[C@H](CNC(=O)CCP(=O)(O)O)N1C(=O)C=CC1=O)C(=O)N[C@@H](C)C(=O)Nc1ccc(CO)cc1. The zero-order valence-electron chi connectivity index (χ0n) is 43.4. The highest BCUT2D eigenvalue weighted by molar-refractivity contribution is 7.51. The van der Waals surface area contributed by atoms with Crippen molar-refractivity contribution < 1.29 is 101 Å². The van der Waals surface area contributed by atoms with Gasteiger partial charge >= 0.3 is 13.6 Å². The zero-order valence-corrected chi connectivity index (χ0v) is 44.3. The molecule has 1 saturated heterocycles. The average molecular weight is 1130 g/mol. The number of rotatable bonds is 37. The first-order valence-electron chi connectivity index (χ1n) is 24.8. The molecule has 0 aliphatic carbocycles. The topological polar surface area (TPSA) is 431 Å². The maximum Gasteiger partial charge on any atom is 0.328 e. The molecule has 0 radical (unpaired) electrons. The fourth-order valence-electron chi connectivity index (χ4n) is 6.97. The summed E-state index contributed by atoms with van der Waals surface area (Å²) in [4.78, 5) is 159. The van der Waals surface area contributed by atoms with Crippen LogP contribution < -0.4 is 42.5 Å². The Morgan fingerprint density at radius 1 is 0.679 bits per heavy atom. The van der Waals surface area contributed by atoms with E-state index in [1.54, 1.807) is 38.1 Å². The molecule has 0 spiro atoms. The van der Waals surface area contributed by atoms with Crippen molar-refractivity contribution in [1.82, 2.24) is 42.1 Å². The fraction of sp³-hybridized carbons (Fsp3) is 0.596. The van der Waals surface area contributed by atoms with Gasteiger partial charge in [0.25, 0.3) is 11.8 Å². The van der Waals surface area contributed by atoms with Crippen LogP contribution in [-0.4, -0.2) is 212 Å². The van der Waals surface area contributed by atoms with Gasteiger partial charge < -0.3 is 86.2 Å². The minimum absolute atomic E-state index is 0.00557. The highest BCUT2D eigenvalue weighted by Gasteiger charge is 2.37. The summed E-state index contributed by atoms with van der Waals surface area (Å²) in [7, 11) is -4.46. The van der Waals surface area contributed by atoms with Crippen LogP contribution in [0.25, 0.3) is 0 Å².